The molecule has 1 fully saturated rings. The van der Waals surface area contributed by atoms with Crippen LogP contribution in [-0.4, -0.2) is 29.8 Å². The predicted molar refractivity (Wildman–Crippen MR) is 127 cm³/mol. The Hall–Kier alpha value is -4.19. The maximum absolute atomic E-state index is 13.6. The molecule has 0 radical (unpaired) electrons. The number of benzene rings is 3. The second kappa shape index (κ2) is 8.98. The Labute approximate surface area is 197 Å². The van der Waals surface area contributed by atoms with Crippen molar-refractivity contribution >= 4 is 17.7 Å². The number of fused-ring (bicyclic) bond motifs is 1. The first-order chi connectivity index (χ1) is 16.6. The van der Waals surface area contributed by atoms with Crippen LogP contribution in [0.15, 0.2) is 97.1 Å². The van der Waals surface area contributed by atoms with E-state index in [-0.39, 0.29) is 11.8 Å². The third-order valence-corrected chi connectivity index (χ3v) is 6.61. The number of hydrogen-bond acceptors (Lipinski definition) is 4. The summed E-state index contributed by atoms with van der Waals surface area (Å²) in [6, 6.07) is 25.9. The van der Waals surface area contributed by atoms with Crippen molar-refractivity contribution in [3.8, 4) is 5.75 Å². The molecule has 170 valence electrons. The lowest BCUT2D eigenvalue weighted by atomic mass is 9.68. The fourth-order valence-corrected chi connectivity index (χ4v) is 4.97. The molecule has 1 N–H and O–H groups in total. The van der Waals surface area contributed by atoms with Crippen molar-refractivity contribution in [1.29, 1.82) is 0 Å². The largest absolute Gasteiger partial charge is 0.497 e. The molecule has 6 nitrogen and oxygen atoms in total. The lowest BCUT2D eigenvalue weighted by molar-refractivity contribution is -0.142. The number of ether oxygens (including phenoxy) is 1. The van der Waals surface area contributed by atoms with E-state index >= 15 is 0 Å². The summed E-state index contributed by atoms with van der Waals surface area (Å²) in [7, 11) is 1.51. The number of allylic oxidation sites excluding steroid dienone is 2. The Morgan fingerprint density at radius 1 is 0.765 bits per heavy atom. The first-order valence-electron chi connectivity index (χ1n) is 11.2. The number of methoxy groups -OCH3 is 1. The summed E-state index contributed by atoms with van der Waals surface area (Å²) in [6.07, 6.45) is 4.04. The number of amides is 3. The minimum absolute atomic E-state index is 0.263. The fraction of sp³-hybridized carbons (Fsp3) is 0.179. The molecule has 3 aromatic carbocycles. The van der Waals surface area contributed by atoms with Crippen molar-refractivity contribution in [1.82, 2.24) is 10.4 Å². The van der Waals surface area contributed by atoms with Crippen molar-refractivity contribution < 1.29 is 19.1 Å². The van der Waals surface area contributed by atoms with Gasteiger partial charge in [0.25, 0.3) is 17.7 Å². The monoisotopic (exact) mass is 452 g/mol. The number of rotatable bonds is 5. The lowest BCUT2D eigenvalue weighted by Crippen LogP contribution is -2.46. The highest BCUT2D eigenvalue weighted by Gasteiger charge is 2.55. The first kappa shape index (κ1) is 21.6. The molecule has 1 saturated heterocycles. The summed E-state index contributed by atoms with van der Waals surface area (Å²) in [6.45, 7) is 0. The lowest BCUT2D eigenvalue weighted by Gasteiger charge is -2.32. The van der Waals surface area contributed by atoms with Gasteiger partial charge in [-0.15, -0.1) is 0 Å². The second-order valence-corrected chi connectivity index (χ2v) is 8.49. The van der Waals surface area contributed by atoms with Gasteiger partial charge in [-0.3, -0.25) is 19.8 Å². The van der Waals surface area contributed by atoms with Crippen molar-refractivity contribution in [2.75, 3.05) is 7.11 Å². The number of hydrogen-bond donors (Lipinski definition) is 1. The molecule has 0 spiro atoms. The zero-order chi connectivity index (χ0) is 23.7. The van der Waals surface area contributed by atoms with Crippen LogP contribution in [0.3, 0.4) is 0 Å². The number of imide groups is 1. The van der Waals surface area contributed by atoms with E-state index in [0.717, 1.165) is 16.1 Å². The van der Waals surface area contributed by atoms with Gasteiger partial charge in [0.15, 0.2) is 0 Å². The quantitative estimate of drug-likeness (QED) is 0.468. The second-order valence-electron chi connectivity index (χ2n) is 8.49. The molecular weight excluding hydrogens is 428 g/mol. The number of nitrogens with one attached hydrogen (secondary N) is 1. The van der Waals surface area contributed by atoms with Crippen LogP contribution < -0.4 is 10.2 Å². The van der Waals surface area contributed by atoms with Crippen LogP contribution in [0.4, 0.5) is 0 Å². The zero-order valence-corrected chi connectivity index (χ0v) is 18.6. The average molecular weight is 453 g/mol. The molecule has 0 saturated carbocycles. The highest BCUT2D eigenvalue weighted by molar-refractivity contribution is 6.09. The van der Waals surface area contributed by atoms with Gasteiger partial charge in [-0.1, -0.05) is 78.9 Å². The van der Waals surface area contributed by atoms with Crippen molar-refractivity contribution in [2.24, 2.45) is 11.8 Å². The summed E-state index contributed by atoms with van der Waals surface area (Å²) in [5.41, 5.74) is 4.78. The smallest absolute Gasteiger partial charge is 0.270 e. The topological polar surface area (TPSA) is 75.7 Å². The molecule has 1 aliphatic heterocycles. The molecule has 0 aromatic heterocycles. The summed E-state index contributed by atoms with van der Waals surface area (Å²) in [4.78, 5) is 40.2. The van der Waals surface area contributed by atoms with Gasteiger partial charge < -0.3 is 4.74 Å². The summed E-state index contributed by atoms with van der Waals surface area (Å²) >= 11 is 0. The van der Waals surface area contributed by atoms with Crippen LogP contribution in [-0.2, 0) is 9.59 Å². The minimum Gasteiger partial charge on any atom is -0.497 e. The van der Waals surface area contributed by atoms with E-state index in [0.29, 0.717) is 11.3 Å². The van der Waals surface area contributed by atoms with Gasteiger partial charge in [0, 0.05) is 17.4 Å². The minimum atomic E-state index is -0.615. The molecule has 3 aromatic rings. The van der Waals surface area contributed by atoms with Gasteiger partial charge in [0.05, 0.1) is 18.9 Å². The summed E-state index contributed by atoms with van der Waals surface area (Å²) in [5.74, 6) is -2.58. The van der Waals surface area contributed by atoms with E-state index in [4.69, 9.17) is 4.74 Å². The van der Waals surface area contributed by atoms with Gasteiger partial charge in [-0.05, 0) is 29.3 Å². The third-order valence-electron chi connectivity index (χ3n) is 6.61. The molecule has 1 aliphatic carbocycles. The summed E-state index contributed by atoms with van der Waals surface area (Å²) < 4.78 is 5.18. The van der Waals surface area contributed by atoms with Crippen LogP contribution in [0.25, 0.3) is 0 Å². The Bertz CT molecular complexity index is 1190. The Kier molecular flexibility index (Phi) is 5.72. The molecule has 4 atom stereocenters. The molecule has 5 rings (SSSR count). The molecule has 2 aliphatic rings. The van der Waals surface area contributed by atoms with Gasteiger partial charge in [-0.25, -0.2) is 0 Å². The normalized spacial score (nSPS) is 23.5. The highest BCUT2D eigenvalue weighted by atomic mass is 16.5. The van der Waals surface area contributed by atoms with Gasteiger partial charge in [0.1, 0.15) is 5.75 Å². The number of nitrogens with zero attached hydrogens (tertiary/aromatic N) is 1. The molecule has 0 unspecified atom stereocenters. The maximum Gasteiger partial charge on any atom is 0.270 e. The highest BCUT2D eigenvalue weighted by Crippen LogP contribution is 2.48. The SMILES string of the molecule is COc1cccc(C(=O)NN2C(=O)[C@@H]3[C@@H](C2=O)[C@@H](c2ccccc2)C=C[C@@H]3c2ccccc2)c1. The molecule has 34 heavy (non-hydrogen) atoms. The van der Waals surface area contributed by atoms with Crippen LogP contribution >= 0.6 is 0 Å². The summed E-state index contributed by atoms with van der Waals surface area (Å²) in [5, 5.41) is 0.913. The van der Waals surface area contributed by atoms with Crippen LogP contribution in [0, 0.1) is 11.8 Å². The predicted octanol–water partition coefficient (Wildman–Crippen LogP) is 4.08. The molecule has 0 bridgehead atoms. The standard InChI is InChI=1S/C28H24N2O4/c1-34-21-14-8-13-20(17-21)26(31)29-30-27(32)24-22(18-9-4-2-5-10-18)15-16-23(25(24)28(30)33)19-11-6-3-7-12-19/h2-17,22-25H,1H3,(H,29,31)/t22-,23-,24+,25+/m1/s1. The van der Waals surface area contributed by atoms with Crippen LogP contribution in [0.1, 0.15) is 33.3 Å². The molecule has 1 heterocycles. The van der Waals surface area contributed by atoms with E-state index in [1.54, 1.807) is 24.3 Å². The molecular formula is C28H24N2O4. The van der Waals surface area contributed by atoms with E-state index in [2.05, 4.69) is 5.43 Å². The van der Waals surface area contributed by atoms with Gasteiger partial charge in [0.2, 0.25) is 0 Å². The van der Waals surface area contributed by atoms with Crippen molar-refractivity contribution in [3.05, 3.63) is 114 Å². The van der Waals surface area contributed by atoms with Crippen molar-refractivity contribution in [3.63, 3.8) is 0 Å². The van der Waals surface area contributed by atoms with E-state index in [1.165, 1.54) is 7.11 Å². The maximum atomic E-state index is 13.6. The average Bonchev–Trinajstić information content (AvgIpc) is 3.14. The first-order valence-corrected chi connectivity index (χ1v) is 11.2. The zero-order valence-electron chi connectivity index (χ0n) is 18.6. The van der Waals surface area contributed by atoms with Gasteiger partial charge in [-0.2, -0.15) is 5.01 Å². The Morgan fingerprint density at radius 2 is 1.29 bits per heavy atom. The molecule has 6 heteroatoms. The van der Waals surface area contributed by atoms with Crippen molar-refractivity contribution in [2.45, 2.75) is 11.8 Å². The molecule has 3 amide bonds. The van der Waals surface area contributed by atoms with Crippen LogP contribution in [0.5, 0.6) is 5.75 Å². The van der Waals surface area contributed by atoms with E-state index < -0.39 is 29.6 Å². The number of carbonyl (C=O) groups excluding carboxylic acids is 3. The Balaban J connectivity index is 1.50. The fourth-order valence-electron chi connectivity index (χ4n) is 4.97. The van der Waals surface area contributed by atoms with E-state index in [9.17, 15) is 14.4 Å². The van der Waals surface area contributed by atoms with Crippen LogP contribution in [0.2, 0.25) is 0 Å². The third kappa shape index (κ3) is 3.77. The van der Waals surface area contributed by atoms with Gasteiger partial charge >= 0.3 is 0 Å². The number of carbonyl (C=O) groups is 3. The number of hydrazine groups is 1. The van der Waals surface area contributed by atoms with E-state index in [1.807, 2.05) is 72.8 Å². The Morgan fingerprint density at radius 3 is 1.79 bits per heavy atom.